The summed E-state index contributed by atoms with van der Waals surface area (Å²) < 4.78 is 13.5. The predicted octanol–water partition coefficient (Wildman–Crippen LogP) is 2.19. The van der Waals surface area contributed by atoms with Crippen molar-refractivity contribution < 1.29 is 14.3 Å². The van der Waals surface area contributed by atoms with E-state index < -0.39 is 11.8 Å². The lowest BCUT2D eigenvalue weighted by Crippen LogP contribution is -2.36. The number of carboxylic acids is 1. The van der Waals surface area contributed by atoms with E-state index in [1.54, 1.807) is 6.07 Å². The van der Waals surface area contributed by atoms with Crippen molar-refractivity contribution in [3.63, 3.8) is 0 Å². The highest BCUT2D eigenvalue weighted by Crippen LogP contribution is 2.29. The first-order valence-electron chi connectivity index (χ1n) is 7.50. The van der Waals surface area contributed by atoms with Crippen LogP contribution in [0.3, 0.4) is 0 Å². The van der Waals surface area contributed by atoms with Crippen LogP contribution in [0.25, 0.3) is 0 Å². The minimum absolute atomic E-state index is 0.0264. The minimum atomic E-state index is -1.08. The van der Waals surface area contributed by atoms with Gasteiger partial charge < -0.3 is 5.11 Å². The summed E-state index contributed by atoms with van der Waals surface area (Å²) in [6.45, 7) is 2.59. The van der Waals surface area contributed by atoms with E-state index in [1.807, 2.05) is 0 Å². The van der Waals surface area contributed by atoms with Gasteiger partial charge in [0.15, 0.2) is 0 Å². The number of aromatic carboxylic acids is 1. The van der Waals surface area contributed by atoms with Gasteiger partial charge >= 0.3 is 5.97 Å². The van der Waals surface area contributed by atoms with E-state index in [0.717, 1.165) is 31.1 Å². The summed E-state index contributed by atoms with van der Waals surface area (Å²) in [7, 11) is 2.19. The van der Waals surface area contributed by atoms with Crippen LogP contribution >= 0.6 is 0 Å². The van der Waals surface area contributed by atoms with Gasteiger partial charge in [-0.2, -0.15) is 0 Å². The van der Waals surface area contributed by atoms with E-state index in [9.17, 15) is 9.18 Å². The number of nitrogens with zero attached hydrogens (tertiary/aromatic N) is 2. The quantitative estimate of drug-likeness (QED) is 0.927. The van der Waals surface area contributed by atoms with Gasteiger partial charge in [0.1, 0.15) is 5.82 Å². The second-order valence-corrected chi connectivity index (χ2v) is 6.23. The molecule has 2 atom stereocenters. The van der Waals surface area contributed by atoms with Crippen molar-refractivity contribution in [3.05, 3.63) is 35.1 Å². The molecule has 2 fully saturated rings. The molecule has 0 radical (unpaired) electrons. The van der Waals surface area contributed by atoms with Gasteiger partial charge in [-0.15, -0.1) is 0 Å². The Balaban J connectivity index is 1.73. The molecule has 0 saturated carbocycles. The topological polar surface area (TPSA) is 43.8 Å². The average Bonchev–Trinajstić information content (AvgIpc) is 2.66. The highest BCUT2D eigenvalue weighted by Gasteiger charge is 2.34. The van der Waals surface area contributed by atoms with Crippen LogP contribution in [0.1, 0.15) is 35.2 Å². The van der Waals surface area contributed by atoms with Crippen LogP contribution in [0.15, 0.2) is 18.2 Å². The third kappa shape index (κ3) is 3.09. The maximum Gasteiger partial charge on any atom is 0.335 e. The Morgan fingerprint density at radius 2 is 2.05 bits per heavy atom. The zero-order valence-electron chi connectivity index (χ0n) is 12.3. The molecule has 2 unspecified atom stereocenters. The van der Waals surface area contributed by atoms with Crippen molar-refractivity contribution in [2.45, 2.75) is 37.9 Å². The van der Waals surface area contributed by atoms with E-state index in [4.69, 9.17) is 5.11 Å². The third-order valence-electron chi connectivity index (χ3n) is 4.84. The van der Waals surface area contributed by atoms with Gasteiger partial charge in [0.05, 0.1) is 5.56 Å². The first-order chi connectivity index (χ1) is 10.0. The molecule has 0 amide bonds. The van der Waals surface area contributed by atoms with E-state index >= 15 is 0 Å². The summed E-state index contributed by atoms with van der Waals surface area (Å²) >= 11 is 0. The molecule has 2 bridgehead atoms. The molecule has 114 valence electrons. The molecular weight excluding hydrogens is 271 g/mol. The molecule has 3 rings (SSSR count). The predicted molar refractivity (Wildman–Crippen MR) is 77.8 cm³/mol. The SMILES string of the molecule is CN1C2CCC1CN(Cc1cc(F)cc(C(=O)O)c1)CC2. The molecule has 2 saturated heterocycles. The Morgan fingerprint density at radius 1 is 1.29 bits per heavy atom. The van der Waals surface area contributed by atoms with E-state index in [1.165, 1.54) is 18.9 Å². The van der Waals surface area contributed by atoms with E-state index in [2.05, 4.69) is 16.8 Å². The number of rotatable bonds is 3. The largest absolute Gasteiger partial charge is 0.478 e. The summed E-state index contributed by atoms with van der Waals surface area (Å²) in [5.74, 6) is -1.55. The summed E-state index contributed by atoms with van der Waals surface area (Å²) in [6, 6.07) is 5.34. The molecule has 0 aromatic heterocycles. The molecule has 1 N–H and O–H groups in total. The first-order valence-corrected chi connectivity index (χ1v) is 7.50. The zero-order valence-corrected chi connectivity index (χ0v) is 12.3. The fourth-order valence-electron chi connectivity index (χ4n) is 3.65. The average molecular weight is 292 g/mol. The molecule has 0 spiro atoms. The normalized spacial score (nSPS) is 26.8. The van der Waals surface area contributed by atoms with Crippen LogP contribution in [0.5, 0.6) is 0 Å². The lowest BCUT2D eigenvalue weighted by atomic mass is 10.1. The standard InChI is InChI=1S/C16H21FN2O2/c1-18-14-2-3-15(18)10-19(5-4-14)9-11-6-12(16(20)21)8-13(17)7-11/h6-8,14-15H,2-5,9-10H2,1H3,(H,20,21). The summed E-state index contributed by atoms with van der Waals surface area (Å²) in [5, 5.41) is 9.02. The van der Waals surface area contributed by atoms with Crippen LogP contribution < -0.4 is 0 Å². The number of benzene rings is 1. The molecular formula is C16H21FN2O2. The number of likely N-dealkylation sites (N-methyl/N-ethyl adjacent to an activating group) is 1. The molecule has 5 heteroatoms. The second kappa shape index (κ2) is 5.73. The highest BCUT2D eigenvalue weighted by molar-refractivity contribution is 5.87. The van der Waals surface area contributed by atoms with E-state index in [-0.39, 0.29) is 5.56 Å². The molecule has 2 aliphatic rings. The number of fused-ring (bicyclic) bond motifs is 2. The first kappa shape index (κ1) is 14.5. The maximum absolute atomic E-state index is 13.5. The third-order valence-corrected chi connectivity index (χ3v) is 4.84. The van der Waals surface area contributed by atoms with Crippen molar-refractivity contribution in [2.24, 2.45) is 0 Å². The van der Waals surface area contributed by atoms with Gasteiger partial charge in [-0.05, 0) is 50.1 Å². The van der Waals surface area contributed by atoms with Crippen molar-refractivity contribution in [1.82, 2.24) is 9.80 Å². The number of likely N-dealkylation sites (tertiary alicyclic amines) is 1. The van der Waals surface area contributed by atoms with Gasteiger partial charge in [0, 0.05) is 31.7 Å². The molecule has 4 nitrogen and oxygen atoms in total. The lowest BCUT2D eigenvalue weighted by Gasteiger charge is -2.25. The van der Waals surface area contributed by atoms with Crippen molar-refractivity contribution >= 4 is 5.97 Å². The number of halogens is 1. The Kier molecular flexibility index (Phi) is 3.95. The van der Waals surface area contributed by atoms with Gasteiger partial charge in [-0.1, -0.05) is 0 Å². The fourth-order valence-corrected chi connectivity index (χ4v) is 3.65. The van der Waals surface area contributed by atoms with Gasteiger partial charge in [-0.3, -0.25) is 9.80 Å². The molecule has 2 heterocycles. The van der Waals surface area contributed by atoms with Crippen molar-refractivity contribution in [3.8, 4) is 0 Å². The maximum atomic E-state index is 13.5. The van der Waals surface area contributed by atoms with Crippen LogP contribution in [-0.2, 0) is 6.54 Å². The fraction of sp³-hybridized carbons (Fsp3) is 0.562. The van der Waals surface area contributed by atoms with Crippen molar-refractivity contribution in [1.29, 1.82) is 0 Å². The monoisotopic (exact) mass is 292 g/mol. The van der Waals surface area contributed by atoms with Crippen molar-refractivity contribution in [2.75, 3.05) is 20.1 Å². The molecule has 2 aliphatic heterocycles. The number of hydrogen-bond donors (Lipinski definition) is 1. The van der Waals surface area contributed by atoms with Crippen LogP contribution in [0.2, 0.25) is 0 Å². The second-order valence-electron chi connectivity index (χ2n) is 6.23. The Hall–Kier alpha value is -1.46. The number of carboxylic acid groups (broad SMARTS) is 1. The van der Waals surface area contributed by atoms with Crippen LogP contribution in [0.4, 0.5) is 4.39 Å². The lowest BCUT2D eigenvalue weighted by molar-refractivity contribution is 0.0696. The Labute approximate surface area is 124 Å². The highest BCUT2D eigenvalue weighted by atomic mass is 19.1. The van der Waals surface area contributed by atoms with Gasteiger partial charge in [-0.25, -0.2) is 9.18 Å². The number of carbonyl (C=O) groups is 1. The minimum Gasteiger partial charge on any atom is -0.478 e. The molecule has 0 aliphatic carbocycles. The van der Waals surface area contributed by atoms with Crippen LogP contribution in [-0.4, -0.2) is 53.1 Å². The molecule has 1 aromatic rings. The van der Waals surface area contributed by atoms with Crippen LogP contribution in [0, 0.1) is 5.82 Å². The molecule has 21 heavy (non-hydrogen) atoms. The Bertz CT molecular complexity index is 549. The smallest absolute Gasteiger partial charge is 0.335 e. The van der Waals surface area contributed by atoms with E-state index in [0.29, 0.717) is 18.6 Å². The number of hydrogen-bond acceptors (Lipinski definition) is 3. The Morgan fingerprint density at radius 3 is 2.81 bits per heavy atom. The molecule has 1 aromatic carbocycles. The van der Waals surface area contributed by atoms with Gasteiger partial charge in [0.25, 0.3) is 0 Å². The summed E-state index contributed by atoms with van der Waals surface area (Å²) in [6.07, 6.45) is 3.63. The summed E-state index contributed by atoms with van der Waals surface area (Å²) in [5.41, 5.74) is 0.770. The van der Waals surface area contributed by atoms with Gasteiger partial charge in [0.2, 0.25) is 0 Å². The summed E-state index contributed by atoms with van der Waals surface area (Å²) in [4.78, 5) is 15.8. The zero-order chi connectivity index (χ0) is 15.0.